The highest BCUT2D eigenvalue weighted by atomic mass is 16.5. The van der Waals surface area contributed by atoms with Gasteiger partial charge in [0.15, 0.2) is 5.78 Å². The van der Waals surface area contributed by atoms with Crippen molar-refractivity contribution in [2.75, 3.05) is 6.54 Å². The molecule has 4 saturated carbocycles. The number of nitrogens with zero attached hydrogens (tertiary/aromatic N) is 2. The molecule has 0 amide bonds. The van der Waals surface area contributed by atoms with Crippen LogP contribution in [-0.2, 0) is 14.3 Å². The molecule has 0 aromatic rings. The molecule has 5 nitrogen and oxygen atoms in total. The van der Waals surface area contributed by atoms with Crippen LogP contribution in [0.1, 0.15) is 79.1 Å². The zero-order chi connectivity index (χ0) is 20.6. The van der Waals surface area contributed by atoms with Crippen molar-refractivity contribution in [2.24, 2.45) is 50.6 Å². The fraction of sp³-hybridized carbons (Fsp3) is 0.917. The first-order valence-electron chi connectivity index (χ1n) is 11.8. The Balaban J connectivity index is 1.42. The number of Topliss-reactive ketones (excluding diaryl/α,β-unsaturated/α-hetero) is 1. The Morgan fingerprint density at radius 2 is 1.72 bits per heavy atom. The van der Waals surface area contributed by atoms with Crippen molar-refractivity contribution in [1.82, 2.24) is 0 Å². The van der Waals surface area contributed by atoms with Crippen LogP contribution in [-0.4, -0.2) is 29.9 Å². The van der Waals surface area contributed by atoms with Crippen molar-refractivity contribution in [2.45, 2.75) is 90.7 Å². The predicted molar refractivity (Wildman–Crippen MR) is 109 cm³/mol. The number of esters is 1. The summed E-state index contributed by atoms with van der Waals surface area (Å²) in [6.45, 7) is 8.92. The van der Waals surface area contributed by atoms with E-state index in [1.54, 1.807) is 6.92 Å². The van der Waals surface area contributed by atoms with E-state index >= 15 is 0 Å². The van der Waals surface area contributed by atoms with Crippen molar-refractivity contribution in [3.63, 3.8) is 0 Å². The molecule has 29 heavy (non-hydrogen) atoms. The molecule has 9 atom stereocenters. The third kappa shape index (κ3) is 2.45. The van der Waals surface area contributed by atoms with Gasteiger partial charge in [0.25, 0.3) is 0 Å². The first kappa shape index (κ1) is 19.7. The Morgan fingerprint density at radius 3 is 2.45 bits per heavy atom. The van der Waals surface area contributed by atoms with Crippen molar-refractivity contribution in [3.8, 4) is 0 Å². The smallest absolute Gasteiger partial charge is 0.302 e. The first-order chi connectivity index (χ1) is 13.7. The predicted octanol–water partition coefficient (Wildman–Crippen LogP) is 4.98. The van der Waals surface area contributed by atoms with Gasteiger partial charge < -0.3 is 4.74 Å². The molecule has 160 valence electrons. The second-order valence-electron chi connectivity index (χ2n) is 11.3. The number of fused-ring (bicyclic) bond motifs is 7. The average Bonchev–Trinajstić information content (AvgIpc) is 3.18. The molecule has 0 saturated heterocycles. The van der Waals surface area contributed by atoms with Gasteiger partial charge in [-0.1, -0.05) is 13.8 Å². The molecule has 0 radical (unpaired) electrons. The van der Waals surface area contributed by atoms with E-state index in [1.807, 2.05) is 0 Å². The van der Waals surface area contributed by atoms with E-state index in [4.69, 9.17) is 4.74 Å². The fourth-order valence-electron chi connectivity index (χ4n) is 9.15. The SMILES string of the molecule is CC(=O)OC1CCC2(C)C(CCC3C2CCC2(C)C3CC3CN=NC32C(C)=O)C1. The summed E-state index contributed by atoms with van der Waals surface area (Å²) >= 11 is 0. The summed E-state index contributed by atoms with van der Waals surface area (Å²) in [6.07, 6.45) is 9.26. The molecule has 0 N–H and O–H groups in total. The zero-order valence-corrected chi connectivity index (χ0v) is 18.4. The lowest BCUT2D eigenvalue weighted by molar-refractivity contribution is -0.161. The van der Waals surface area contributed by atoms with Gasteiger partial charge in [-0.15, -0.1) is 0 Å². The molecule has 1 heterocycles. The molecule has 5 aliphatic rings. The minimum absolute atomic E-state index is 0.0250. The van der Waals surface area contributed by atoms with E-state index in [9.17, 15) is 9.59 Å². The van der Waals surface area contributed by atoms with Gasteiger partial charge in [-0.3, -0.25) is 9.59 Å². The maximum Gasteiger partial charge on any atom is 0.302 e. The van der Waals surface area contributed by atoms with Crippen molar-refractivity contribution >= 4 is 11.8 Å². The minimum Gasteiger partial charge on any atom is -0.463 e. The first-order valence-corrected chi connectivity index (χ1v) is 11.8. The minimum atomic E-state index is -0.548. The van der Waals surface area contributed by atoms with Crippen LogP contribution in [0.4, 0.5) is 0 Å². The van der Waals surface area contributed by atoms with Crippen LogP contribution >= 0.6 is 0 Å². The lowest BCUT2D eigenvalue weighted by Gasteiger charge is -2.61. The van der Waals surface area contributed by atoms with Crippen molar-refractivity contribution in [3.05, 3.63) is 0 Å². The van der Waals surface area contributed by atoms with Gasteiger partial charge in [-0.2, -0.15) is 10.2 Å². The maximum absolute atomic E-state index is 12.9. The number of ether oxygens (including phenoxy) is 1. The quantitative estimate of drug-likeness (QED) is 0.614. The Morgan fingerprint density at radius 1 is 0.931 bits per heavy atom. The largest absolute Gasteiger partial charge is 0.463 e. The third-order valence-corrected chi connectivity index (χ3v) is 10.4. The summed E-state index contributed by atoms with van der Waals surface area (Å²) in [5.41, 5.74) is -0.223. The Kier molecular flexibility index (Phi) is 4.32. The summed E-state index contributed by atoms with van der Waals surface area (Å²) in [5.74, 6) is 3.12. The van der Waals surface area contributed by atoms with E-state index in [0.29, 0.717) is 29.1 Å². The molecule has 0 bridgehead atoms. The fourth-order valence-corrected chi connectivity index (χ4v) is 9.15. The van der Waals surface area contributed by atoms with Crippen molar-refractivity contribution < 1.29 is 14.3 Å². The van der Waals surface area contributed by atoms with Crippen LogP contribution in [0, 0.1) is 40.4 Å². The molecule has 5 rings (SSSR count). The summed E-state index contributed by atoms with van der Waals surface area (Å²) in [7, 11) is 0. The van der Waals surface area contributed by atoms with E-state index in [2.05, 4.69) is 24.1 Å². The van der Waals surface area contributed by atoms with Crippen molar-refractivity contribution in [1.29, 1.82) is 0 Å². The molecule has 0 aromatic heterocycles. The molecule has 0 aromatic carbocycles. The summed E-state index contributed by atoms with van der Waals surface area (Å²) in [6, 6.07) is 0. The molecule has 9 unspecified atom stereocenters. The number of ketones is 1. The van der Waals surface area contributed by atoms with E-state index in [0.717, 1.165) is 38.1 Å². The molecule has 4 fully saturated rings. The Bertz CT molecular complexity index is 765. The number of azo groups is 1. The lowest BCUT2D eigenvalue weighted by atomic mass is 9.44. The third-order valence-electron chi connectivity index (χ3n) is 10.4. The number of rotatable bonds is 2. The number of hydrogen-bond acceptors (Lipinski definition) is 5. The molecule has 4 aliphatic carbocycles. The highest BCUT2D eigenvalue weighted by Gasteiger charge is 2.71. The molecule has 1 aliphatic heterocycles. The monoisotopic (exact) mass is 400 g/mol. The number of carbonyl (C=O) groups excluding carboxylic acids is 2. The van der Waals surface area contributed by atoms with Crippen LogP contribution in [0.15, 0.2) is 10.2 Å². The van der Waals surface area contributed by atoms with Gasteiger partial charge in [0.2, 0.25) is 0 Å². The summed E-state index contributed by atoms with van der Waals surface area (Å²) in [4.78, 5) is 24.3. The number of hydrogen-bond donors (Lipinski definition) is 0. The lowest BCUT2D eigenvalue weighted by Crippen LogP contribution is -2.58. The molecular weight excluding hydrogens is 364 g/mol. The van der Waals surface area contributed by atoms with Gasteiger partial charge >= 0.3 is 5.97 Å². The van der Waals surface area contributed by atoms with Gasteiger partial charge in [0.1, 0.15) is 11.6 Å². The highest BCUT2D eigenvalue weighted by Crippen LogP contribution is 2.71. The Hall–Kier alpha value is -1.26. The molecule has 0 spiro atoms. The second-order valence-corrected chi connectivity index (χ2v) is 11.3. The number of carbonyl (C=O) groups is 2. The van der Waals surface area contributed by atoms with Crippen LogP contribution in [0.3, 0.4) is 0 Å². The summed E-state index contributed by atoms with van der Waals surface area (Å²) < 4.78 is 5.60. The van der Waals surface area contributed by atoms with Gasteiger partial charge in [0, 0.05) is 18.3 Å². The standard InChI is InChI=1S/C24H36N2O3/c1-14(27)24-17(13-25-26-24)12-21-19-6-5-16-11-18(29-15(2)28)7-9-22(16,3)20(19)8-10-23(21,24)4/h16-21H,5-13H2,1-4H3. The highest BCUT2D eigenvalue weighted by molar-refractivity contribution is 5.88. The van der Waals surface area contributed by atoms with Crippen LogP contribution < -0.4 is 0 Å². The van der Waals surface area contributed by atoms with Gasteiger partial charge in [0.05, 0.1) is 6.54 Å². The van der Waals surface area contributed by atoms with Crippen LogP contribution in [0.25, 0.3) is 0 Å². The van der Waals surface area contributed by atoms with Crippen LogP contribution in [0.5, 0.6) is 0 Å². The molecule has 5 heteroatoms. The van der Waals surface area contributed by atoms with Gasteiger partial charge in [-0.05, 0) is 87.4 Å². The normalized spacial score (nSPS) is 52.8. The summed E-state index contributed by atoms with van der Waals surface area (Å²) in [5, 5.41) is 9.06. The van der Waals surface area contributed by atoms with E-state index in [-0.39, 0.29) is 23.3 Å². The zero-order valence-electron chi connectivity index (χ0n) is 18.4. The van der Waals surface area contributed by atoms with Gasteiger partial charge in [-0.25, -0.2) is 0 Å². The molecular formula is C24H36N2O3. The second kappa shape index (κ2) is 6.37. The van der Waals surface area contributed by atoms with E-state index < -0.39 is 5.54 Å². The average molecular weight is 401 g/mol. The Labute approximate surface area is 174 Å². The maximum atomic E-state index is 12.9. The van der Waals surface area contributed by atoms with Crippen LogP contribution in [0.2, 0.25) is 0 Å². The topological polar surface area (TPSA) is 68.1 Å². The van der Waals surface area contributed by atoms with E-state index in [1.165, 1.54) is 32.6 Å².